The molecule has 0 bridgehead atoms. The van der Waals surface area contributed by atoms with Crippen LogP contribution in [-0.4, -0.2) is 48.7 Å². The van der Waals surface area contributed by atoms with E-state index in [4.69, 9.17) is 4.74 Å². The Morgan fingerprint density at radius 1 is 1.20 bits per heavy atom. The molecule has 0 aromatic heterocycles. The van der Waals surface area contributed by atoms with Gasteiger partial charge in [0, 0.05) is 19.1 Å². The van der Waals surface area contributed by atoms with Crippen LogP contribution in [-0.2, 0) is 9.53 Å². The van der Waals surface area contributed by atoms with Crippen LogP contribution in [0.2, 0.25) is 0 Å². The Morgan fingerprint density at radius 3 is 2.40 bits per heavy atom. The van der Waals surface area contributed by atoms with Gasteiger partial charge in [0.05, 0.1) is 6.61 Å². The normalized spacial score (nSPS) is 24.5. The van der Waals surface area contributed by atoms with Gasteiger partial charge in [0.2, 0.25) is 0 Å². The zero-order valence-corrected chi connectivity index (χ0v) is 13.1. The smallest absolute Gasteiger partial charge is 0.326 e. The van der Waals surface area contributed by atoms with Crippen LogP contribution in [0.5, 0.6) is 0 Å². The first-order valence-electron chi connectivity index (χ1n) is 8.37. The van der Waals surface area contributed by atoms with Gasteiger partial charge in [-0.25, -0.2) is 0 Å². The number of ether oxygens (including phenoxy) is 1. The Bertz CT molecular complexity index is 306. The minimum Gasteiger partial charge on any atom is -0.465 e. The van der Waals surface area contributed by atoms with Crippen molar-refractivity contribution in [1.82, 2.24) is 10.2 Å². The third-order valence-electron chi connectivity index (χ3n) is 4.91. The summed E-state index contributed by atoms with van der Waals surface area (Å²) in [6.07, 6.45) is 8.10. The number of carbonyl (C=O) groups is 1. The largest absolute Gasteiger partial charge is 0.465 e. The lowest BCUT2D eigenvalue weighted by Crippen LogP contribution is -2.61. The van der Waals surface area contributed by atoms with Crippen LogP contribution in [0.15, 0.2) is 0 Å². The molecule has 0 atom stereocenters. The molecular formula is C16H30N2O2. The lowest BCUT2D eigenvalue weighted by Gasteiger charge is -2.43. The molecule has 20 heavy (non-hydrogen) atoms. The van der Waals surface area contributed by atoms with Gasteiger partial charge < -0.3 is 9.64 Å². The van der Waals surface area contributed by atoms with Gasteiger partial charge in [0.25, 0.3) is 0 Å². The summed E-state index contributed by atoms with van der Waals surface area (Å²) in [6, 6.07) is 0.501. The van der Waals surface area contributed by atoms with Gasteiger partial charge in [-0.1, -0.05) is 26.2 Å². The first-order valence-corrected chi connectivity index (χ1v) is 8.37. The highest BCUT2D eigenvalue weighted by Crippen LogP contribution is 2.28. The molecule has 0 spiro atoms. The second kappa shape index (κ2) is 7.41. The Labute approximate surface area is 123 Å². The second-order valence-corrected chi connectivity index (χ2v) is 6.22. The number of likely N-dealkylation sites (tertiary alicyclic amines) is 1. The Morgan fingerprint density at radius 2 is 1.85 bits per heavy atom. The molecule has 116 valence electrons. The van der Waals surface area contributed by atoms with Crippen LogP contribution >= 0.6 is 0 Å². The zero-order valence-electron chi connectivity index (χ0n) is 13.1. The minimum atomic E-state index is -0.427. The Hall–Kier alpha value is -0.610. The summed E-state index contributed by atoms with van der Waals surface area (Å²) in [4.78, 5) is 14.9. The number of carbonyl (C=O) groups excluding carboxylic acids is 1. The molecule has 0 aromatic rings. The molecule has 2 fully saturated rings. The number of hydrogen-bond acceptors (Lipinski definition) is 4. The van der Waals surface area contributed by atoms with Crippen molar-refractivity contribution in [2.45, 2.75) is 70.4 Å². The summed E-state index contributed by atoms with van der Waals surface area (Å²) in [6.45, 7) is 7.62. The van der Waals surface area contributed by atoms with E-state index in [9.17, 15) is 4.79 Å². The fourth-order valence-electron chi connectivity index (χ4n) is 3.57. The average Bonchev–Trinajstić information content (AvgIpc) is 2.49. The molecular weight excluding hydrogens is 252 g/mol. The van der Waals surface area contributed by atoms with Crippen LogP contribution in [0.1, 0.15) is 58.8 Å². The Balaban J connectivity index is 2.01. The summed E-state index contributed by atoms with van der Waals surface area (Å²) in [7, 11) is 0. The van der Waals surface area contributed by atoms with Gasteiger partial charge in [-0.3, -0.25) is 10.1 Å². The Kier molecular flexibility index (Phi) is 5.85. The summed E-state index contributed by atoms with van der Waals surface area (Å²) in [5, 5.41) is 3.70. The zero-order chi connectivity index (χ0) is 14.4. The molecule has 4 nitrogen and oxygen atoms in total. The fourth-order valence-corrected chi connectivity index (χ4v) is 3.57. The molecule has 1 aliphatic carbocycles. The third-order valence-corrected chi connectivity index (χ3v) is 4.91. The lowest BCUT2D eigenvalue weighted by molar-refractivity contribution is -0.154. The van der Waals surface area contributed by atoms with Gasteiger partial charge in [0.1, 0.15) is 5.54 Å². The first-order chi connectivity index (χ1) is 9.70. The van der Waals surface area contributed by atoms with Crippen molar-refractivity contribution >= 4 is 5.97 Å². The van der Waals surface area contributed by atoms with Crippen molar-refractivity contribution in [1.29, 1.82) is 0 Å². The van der Waals surface area contributed by atoms with Crippen molar-refractivity contribution in [3.63, 3.8) is 0 Å². The SMILES string of the molecule is CCOC(=O)C1(NC2CCCCC2)CCN(CC)CC1. The summed E-state index contributed by atoms with van der Waals surface area (Å²) in [5.41, 5.74) is -0.427. The molecule has 0 unspecified atom stereocenters. The summed E-state index contributed by atoms with van der Waals surface area (Å²) >= 11 is 0. The molecule has 1 saturated heterocycles. The standard InChI is InChI=1S/C16H30N2O2/c1-3-18-12-10-16(11-13-18,15(19)20-4-2)17-14-8-6-5-7-9-14/h14,17H,3-13H2,1-2H3. The van der Waals surface area contributed by atoms with E-state index < -0.39 is 5.54 Å². The highest BCUT2D eigenvalue weighted by Gasteiger charge is 2.43. The molecule has 2 aliphatic rings. The highest BCUT2D eigenvalue weighted by molar-refractivity contribution is 5.81. The highest BCUT2D eigenvalue weighted by atomic mass is 16.5. The number of hydrogen-bond donors (Lipinski definition) is 1. The number of piperidine rings is 1. The van der Waals surface area contributed by atoms with Gasteiger partial charge in [-0.05, 0) is 39.2 Å². The van der Waals surface area contributed by atoms with E-state index in [1.165, 1.54) is 32.1 Å². The fraction of sp³-hybridized carbons (Fsp3) is 0.938. The van der Waals surface area contributed by atoms with Crippen molar-refractivity contribution in [3.8, 4) is 0 Å². The molecule has 4 heteroatoms. The predicted octanol–water partition coefficient (Wildman–Crippen LogP) is 2.33. The van der Waals surface area contributed by atoms with Crippen molar-refractivity contribution in [2.75, 3.05) is 26.2 Å². The van der Waals surface area contributed by atoms with Gasteiger partial charge in [-0.15, -0.1) is 0 Å². The van der Waals surface area contributed by atoms with Crippen LogP contribution in [0.3, 0.4) is 0 Å². The van der Waals surface area contributed by atoms with Gasteiger partial charge in [-0.2, -0.15) is 0 Å². The first kappa shape index (κ1) is 15.8. The third kappa shape index (κ3) is 3.73. The van der Waals surface area contributed by atoms with E-state index in [1.54, 1.807) is 0 Å². The van der Waals surface area contributed by atoms with Crippen molar-refractivity contribution in [3.05, 3.63) is 0 Å². The lowest BCUT2D eigenvalue weighted by atomic mass is 9.84. The topological polar surface area (TPSA) is 41.6 Å². The number of rotatable bonds is 5. The molecule has 1 saturated carbocycles. The summed E-state index contributed by atoms with van der Waals surface area (Å²) in [5.74, 6) is -0.0265. The molecule has 0 amide bonds. The molecule has 2 rings (SSSR count). The predicted molar refractivity (Wildman–Crippen MR) is 80.7 cm³/mol. The summed E-state index contributed by atoms with van der Waals surface area (Å²) < 4.78 is 5.38. The van der Waals surface area contributed by atoms with Crippen LogP contribution in [0.4, 0.5) is 0 Å². The number of nitrogens with zero attached hydrogens (tertiary/aromatic N) is 1. The molecule has 0 radical (unpaired) electrons. The number of nitrogens with one attached hydrogen (secondary N) is 1. The average molecular weight is 282 g/mol. The quantitative estimate of drug-likeness (QED) is 0.786. The molecule has 1 aliphatic heterocycles. The maximum Gasteiger partial charge on any atom is 0.326 e. The molecule has 1 heterocycles. The van der Waals surface area contributed by atoms with Crippen LogP contribution < -0.4 is 5.32 Å². The van der Waals surface area contributed by atoms with E-state index in [0.717, 1.165) is 32.5 Å². The number of esters is 1. The molecule has 0 aromatic carbocycles. The van der Waals surface area contributed by atoms with E-state index in [2.05, 4.69) is 17.1 Å². The van der Waals surface area contributed by atoms with E-state index >= 15 is 0 Å². The van der Waals surface area contributed by atoms with E-state index in [-0.39, 0.29) is 5.97 Å². The second-order valence-electron chi connectivity index (χ2n) is 6.22. The van der Waals surface area contributed by atoms with Gasteiger partial charge in [0.15, 0.2) is 0 Å². The molecule has 1 N–H and O–H groups in total. The van der Waals surface area contributed by atoms with E-state index in [0.29, 0.717) is 12.6 Å². The monoisotopic (exact) mass is 282 g/mol. The minimum absolute atomic E-state index is 0.0265. The van der Waals surface area contributed by atoms with Crippen LogP contribution in [0, 0.1) is 0 Å². The van der Waals surface area contributed by atoms with Crippen molar-refractivity contribution in [2.24, 2.45) is 0 Å². The van der Waals surface area contributed by atoms with Crippen molar-refractivity contribution < 1.29 is 9.53 Å². The maximum absolute atomic E-state index is 12.5. The van der Waals surface area contributed by atoms with Gasteiger partial charge >= 0.3 is 5.97 Å². The van der Waals surface area contributed by atoms with Crippen LogP contribution in [0.25, 0.3) is 0 Å². The van der Waals surface area contributed by atoms with E-state index in [1.807, 2.05) is 6.92 Å². The maximum atomic E-state index is 12.5.